The molecule has 1 heterocycles. The third-order valence-corrected chi connectivity index (χ3v) is 5.92. The lowest BCUT2D eigenvalue weighted by molar-refractivity contribution is -0.164. The average Bonchev–Trinajstić information content (AvgIpc) is 2.61. The lowest BCUT2D eigenvalue weighted by atomic mass is 10.1. The van der Waals surface area contributed by atoms with Gasteiger partial charge in [-0.05, 0) is 53.7 Å². The number of ether oxygens (including phenoxy) is 2. The maximum Gasteiger partial charge on any atom is 0.325 e. The van der Waals surface area contributed by atoms with E-state index in [0.29, 0.717) is 15.8 Å². The number of rotatable bonds is 6. The van der Waals surface area contributed by atoms with E-state index in [0.717, 1.165) is 0 Å². The minimum atomic E-state index is -4.26. The second kappa shape index (κ2) is 9.51. The monoisotopic (exact) mass is 504 g/mol. The number of pyridine rings is 1. The van der Waals surface area contributed by atoms with E-state index in [9.17, 15) is 18.0 Å². The van der Waals surface area contributed by atoms with Crippen molar-refractivity contribution in [3.05, 3.63) is 34.6 Å². The van der Waals surface area contributed by atoms with Crippen LogP contribution in [0, 0.1) is 0 Å². The van der Waals surface area contributed by atoms with Crippen molar-refractivity contribution in [1.29, 1.82) is 0 Å². The van der Waals surface area contributed by atoms with E-state index in [1.807, 2.05) is 0 Å². The molecule has 1 N–H and O–H groups in total. The second-order valence-electron chi connectivity index (χ2n) is 9.10. The summed E-state index contributed by atoms with van der Waals surface area (Å²) in [4.78, 5) is 28.7. The van der Waals surface area contributed by atoms with Gasteiger partial charge in [-0.2, -0.15) is 4.72 Å². The fourth-order valence-electron chi connectivity index (χ4n) is 2.67. The molecule has 0 fully saturated rings. The zero-order valence-electron chi connectivity index (χ0n) is 18.7. The second-order valence-corrected chi connectivity index (χ2v) is 11.6. The lowest BCUT2D eigenvalue weighted by Gasteiger charge is -2.25. The summed E-state index contributed by atoms with van der Waals surface area (Å²) in [6.07, 6.45) is 0.811. The number of nitrogens with one attached hydrogen (secondary N) is 1. The van der Waals surface area contributed by atoms with E-state index in [-0.39, 0.29) is 10.0 Å². The summed E-state index contributed by atoms with van der Waals surface area (Å²) in [6.45, 7) is 9.88. The topological polar surface area (TPSA) is 112 Å². The van der Waals surface area contributed by atoms with Crippen molar-refractivity contribution in [2.24, 2.45) is 0 Å². The highest BCUT2D eigenvalue weighted by Crippen LogP contribution is 2.30. The quantitative estimate of drug-likeness (QED) is 0.461. The maximum absolute atomic E-state index is 13.1. The van der Waals surface area contributed by atoms with Crippen molar-refractivity contribution >= 4 is 55.9 Å². The zero-order chi connectivity index (χ0) is 24.5. The predicted octanol–water partition coefficient (Wildman–Crippen LogP) is 4.26. The van der Waals surface area contributed by atoms with Gasteiger partial charge in [0.25, 0.3) is 0 Å². The number of sulfonamides is 1. The van der Waals surface area contributed by atoms with Crippen LogP contribution < -0.4 is 4.72 Å². The Morgan fingerprint density at radius 3 is 2.19 bits per heavy atom. The first kappa shape index (κ1) is 26.3. The molecule has 176 valence electrons. The van der Waals surface area contributed by atoms with Crippen LogP contribution in [0.1, 0.15) is 48.0 Å². The largest absolute Gasteiger partial charge is 0.460 e. The highest BCUT2D eigenvalue weighted by molar-refractivity contribution is 7.89. The molecule has 0 bridgehead atoms. The van der Waals surface area contributed by atoms with Crippen molar-refractivity contribution in [2.45, 2.75) is 70.1 Å². The first-order chi connectivity index (χ1) is 14.5. The van der Waals surface area contributed by atoms with E-state index >= 15 is 0 Å². The molecule has 0 radical (unpaired) electrons. The number of carbonyl (C=O) groups is 2. The Labute approximate surface area is 197 Å². The van der Waals surface area contributed by atoms with Gasteiger partial charge in [0.05, 0.1) is 16.3 Å². The summed E-state index contributed by atoms with van der Waals surface area (Å²) in [5, 5.41) is 1.21. The van der Waals surface area contributed by atoms with Crippen LogP contribution in [0.4, 0.5) is 0 Å². The van der Waals surface area contributed by atoms with Gasteiger partial charge in [-0.3, -0.25) is 9.59 Å². The van der Waals surface area contributed by atoms with Crippen LogP contribution in [-0.2, 0) is 29.1 Å². The summed E-state index contributed by atoms with van der Waals surface area (Å²) >= 11 is 12.2. The minimum Gasteiger partial charge on any atom is -0.460 e. The summed E-state index contributed by atoms with van der Waals surface area (Å²) in [6, 6.07) is 2.58. The molecule has 1 aromatic carbocycles. The van der Waals surface area contributed by atoms with Crippen LogP contribution >= 0.6 is 23.2 Å². The normalized spacial score (nSPS) is 13.6. The molecule has 2 rings (SSSR count). The Balaban J connectivity index is 2.39. The Hall–Kier alpha value is -1.94. The molecule has 1 atom stereocenters. The molecule has 11 heteroatoms. The lowest BCUT2D eigenvalue weighted by Crippen LogP contribution is -2.46. The van der Waals surface area contributed by atoms with Gasteiger partial charge >= 0.3 is 11.9 Å². The van der Waals surface area contributed by atoms with Crippen LogP contribution in [0.25, 0.3) is 10.8 Å². The van der Waals surface area contributed by atoms with Gasteiger partial charge in [0, 0.05) is 17.0 Å². The molecule has 0 amide bonds. The third-order valence-electron chi connectivity index (χ3n) is 3.85. The van der Waals surface area contributed by atoms with Gasteiger partial charge < -0.3 is 9.47 Å². The van der Waals surface area contributed by atoms with E-state index in [4.69, 9.17) is 32.7 Å². The van der Waals surface area contributed by atoms with E-state index in [1.165, 1.54) is 24.4 Å². The minimum absolute atomic E-state index is 0.0684. The van der Waals surface area contributed by atoms with Gasteiger partial charge in [-0.1, -0.05) is 29.3 Å². The molecule has 0 saturated heterocycles. The predicted molar refractivity (Wildman–Crippen MR) is 122 cm³/mol. The molecule has 8 nitrogen and oxygen atoms in total. The highest BCUT2D eigenvalue weighted by atomic mass is 35.5. The SMILES string of the molecule is CC(C)(C)OC(=O)C[C@H](NS(=O)(=O)c1ccc2c(Cl)cnc(Cl)c2c1)C(=O)OC(C)(C)C. The molecule has 1 aromatic heterocycles. The Morgan fingerprint density at radius 2 is 1.62 bits per heavy atom. The van der Waals surface area contributed by atoms with Crippen molar-refractivity contribution < 1.29 is 27.5 Å². The number of hydrogen-bond donors (Lipinski definition) is 1. The smallest absolute Gasteiger partial charge is 0.325 e. The average molecular weight is 505 g/mol. The van der Waals surface area contributed by atoms with Crippen molar-refractivity contribution in [1.82, 2.24) is 9.71 Å². The number of aromatic nitrogens is 1. The van der Waals surface area contributed by atoms with Crippen LogP contribution in [0.5, 0.6) is 0 Å². The van der Waals surface area contributed by atoms with Crippen LogP contribution in [0.3, 0.4) is 0 Å². The number of halogens is 2. The summed E-state index contributed by atoms with van der Waals surface area (Å²) < 4.78 is 38.9. The Bertz CT molecular complexity index is 1140. The molecule has 0 saturated carbocycles. The van der Waals surface area contributed by atoms with Gasteiger partial charge in [-0.15, -0.1) is 0 Å². The van der Waals surface area contributed by atoms with Crippen molar-refractivity contribution in [3.63, 3.8) is 0 Å². The summed E-state index contributed by atoms with van der Waals surface area (Å²) in [5.74, 6) is -1.66. The summed E-state index contributed by atoms with van der Waals surface area (Å²) in [7, 11) is -4.26. The molecule has 0 aliphatic rings. The van der Waals surface area contributed by atoms with E-state index in [1.54, 1.807) is 41.5 Å². The first-order valence-electron chi connectivity index (χ1n) is 9.69. The van der Waals surface area contributed by atoms with Gasteiger partial charge in [0.2, 0.25) is 10.0 Å². The molecule has 0 unspecified atom stereocenters. The Morgan fingerprint density at radius 1 is 1.03 bits per heavy atom. The fraction of sp³-hybridized carbons (Fsp3) is 0.476. The number of esters is 2. The Kier molecular flexibility index (Phi) is 7.82. The summed E-state index contributed by atoms with van der Waals surface area (Å²) in [5.41, 5.74) is -1.70. The van der Waals surface area contributed by atoms with Gasteiger partial charge in [0.1, 0.15) is 22.4 Å². The standard InChI is InChI=1S/C21H26Cl2N2O6S/c1-20(2,3)30-17(26)10-16(19(27)31-21(4,5)6)25-32(28,29)12-7-8-13-14(9-12)18(23)24-11-15(13)22/h7-9,11,16,25H,10H2,1-6H3/t16-/m0/s1. The third kappa shape index (κ3) is 7.30. The number of nitrogens with zero attached hydrogens (tertiary/aromatic N) is 1. The van der Waals surface area contributed by atoms with Crippen LogP contribution in [-0.4, -0.2) is 42.6 Å². The highest BCUT2D eigenvalue weighted by Gasteiger charge is 2.33. The van der Waals surface area contributed by atoms with Crippen molar-refractivity contribution in [2.75, 3.05) is 0 Å². The van der Waals surface area contributed by atoms with Crippen LogP contribution in [0.15, 0.2) is 29.3 Å². The van der Waals surface area contributed by atoms with Gasteiger partial charge in [-0.25, -0.2) is 13.4 Å². The van der Waals surface area contributed by atoms with Crippen LogP contribution in [0.2, 0.25) is 10.2 Å². The number of hydrogen-bond acceptors (Lipinski definition) is 7. The molecule has 0 spiro atoms. The molecule has 2 aromatic rings. The zero-order valence-corrected chi connectivity index (χ0v) is 21.0. The van der Waals surface area contributed by atoms with Crippen molar-refractivity contribution in [3.8, 4) is 0 Å². The molecular formula is C21H26Cl2N2O6S. The number of fused-ring (bicyclic) bond motifs is 1. The molecular weight excluding hydrogens is 479 g/mol. The molecule has 0 aliphatic carbocycles. The van der Waals surface area contributed by atoms with E-state index < -0.39 is 45.6 Å². The maximum atomic E-state index is 13.1. The fourth-order valence-corrected chi connectivity index (χ4v) is 4.30. The number of benzene rings is 1. The van der Waals surface area contributed by atoms with E-state index in [2.05, 4.69) is 9.71 Å². The number of carbonyl (C=O) groups excluding carboxylic acids is 2. The first-order valence-corrected chi connectivity index (χ1v) is 11.9. The molecule has 0 aliphatic heterocycles. The van der Waals surface area contributed by atoms with Gasteiger partial charge in [0.15, 0.2) is 0 Å². The molecule has 32 heavy (non-hydrogen) atoms.